The average molecular weight is 372 g/mol. The number of rotatable bonds is 6. The van der Waals surface area contributed by atoms with Crippen molar-refractivity contribution in [2.24, 2.45) is 5.10 Å². The van der Waals surface area contributed by atoms with E-state index in [-0.39, 0.29) is 5.82 Å². The highest BCUT2D eigenvalue weighted by Crippen LogP contribution is 2.27. The minimum absolute atomic E-state index is 0.320. The molecule has 3 aromatic rings. The lowest BCUT2D eigenvalue weighted by Crippen LogP contribution is -1.98. The zero-order valence-electron chi connectivity index (χ0n) is 14.3. The van der Waals surface area contributed by atoms with Crippen molar-refractivity contribution in [2.75, 3.05) is 13.7 Å². The first-order valence-electron chi connectivity index (χ1n) is 7.91. The van der Waals surface area contributed by atoms with Gasteiger partial charge in [0, 0.05) is 5.56 Å². The van der Waals surface area contributed by atoms with Crippen molar-refractivity contribution in [3.8, 4) is 22.9 Å². The van der Waals surface area contributed by atoms with Gasteiger partial charge in [0.15, 0.2) is 17.3 Å². The Bertz CT molecular complexity index is 980. The van der Waals surface area contributed by atoms with Crippen LogP contribution in [0, 0.1) is 10.6 Å². The Morgan fingerprint density at radius 1 is 1.23 bits per heavy atom. The number of halogens is 1. The lowest BCUT2D eigenvalue weighted by atomic mass is 10.2. The third-order valence-electron chi connectivity index (χ3n) is 3.56. The van der Waals surface area contributed by atoms with Crippen LogP contribution in [0.4, 0.5) is 4.39 Å². The second kappa shape index (κ2) is 7.92. The summed E-state index contributed by atoms with van der Waals surface area (Å²) < 4.78 is 25.8. The van der Waals surface area contributed by atoms with Gasteiger partial charge in [-0.15, -0.1) is 0 Å². The smallest absolute Gasteiger partial charge is 0.216 e. The number of H-pyrrole nitrogens is 1. The lowest BCUT2D eigenvalue weighted by molar-refractivity contribution is 0.311. The van der Waals surface area contributed by atoms with Crippen LogP contribution in [-0.2, 0) is 0 Å². The zero-order valence-corrected chi connectivity index (χ0v) is 15.1. The third-order valence-corrected chi connectivity index (χ3v) is 3.83. The van der Waals surface area contributed by atoms with E-state index < -0.39 is 0 Å². The van der Waals surface area contributed by atoms with Gasteiger partial charge in [0.25, 0.3) is 0 Å². The summed E-state index contributed by atoms with van der Waals surface area (Å²) in [5.41, 5.74) is 1.50. The summed E-state index contributed by atoms with van der Waals surface area (Å²) in [5.74, 6) is 1.45. The molecular weight excluding hydrogens is 355 g/mol. The summed E-state index contributed by atoms with van der Waals surface area (Å²) in [7, 11) is 1.58. The van der Waals surface area contributed by atoms with Crippen molar-refractivity contribution in [2.45, 2.75) is 6.92 Å². The average Bonchev–Trinajstić information content (AvgIpc) is 3.02. The number of ether oxygens (including phenoxy) is 2. The number of nitrogens with one attached hydrogen (secondary N) is 1. The molecule has 2 aromatic carbocycles. The van der Waals surface area contributed by atoms with E-state index in [9.17, 15) is 4.39 Å². The van der Waals surface area contributed by atoms with Crippen LogP contribution in [0.3, 0.4) is 0 Å². The van der Waals surface area contributed by atoms with E-state index in [4.69, 9.17) is 21.7 Å². The zero-order chi connectivity index (χ0) is 18.5. The topological polar surface area (TPSA) is 64.4 Å². The molecule has 0 fully saturated rings. The normalized spacial score (nSPS) is 11.0. The highest BCUT2D eigenvalue weighted by molar-refractivity contribution is 7.71. The fourth-order valence-corrected chi connectivity index (χ4v) is 2.53. The Kier molecular flexibility index (Phi) is 5.43. The van der Waals surface area contributed by atoms with E-state index in [2.05, 4.69) is 15.3 Å². The first kappa shape index (κ1) is 17.8. The second-order valence-electron chi connectivity index (χ2n) is 5.26. The summed E-state index contributed by atoms with van der Waals surface area (Å²) in [4.78, 5) is 0. The van der Waals surface area contributed by atoms with Gasteiger partial charge in [-0.25, -0.2) is 9.49 Å². The molecule has 0 unspecified atom stereocenters. The van der Waals surface area contributed by atoms with Crippen molar-refractivity contribution in [1.29, 1.82) is 0 Å². The van der Waals surface area contributed by atoms with Crippen LogP contribution >= 0.6 is 12.2 Å². The number of aromatic nitrogens is 3. The van der Waals surface area contributed by atoms with Crippen LogP contribution in [-0.4, -0.2) is 34.8 Å². The second-order valence-corrected chi connectivity index (χ2v) is 5.65. The van der Waals surface area contributed by atoms with Gasteiger partial charge in [0.05, 0.1) is 19.9 Å². The van der Waals surface area contributed by atoms with Crippen LogP contribution in [0.1, 0.15) is 12.5 Å². The maximum atomic E-state index is 13.1. The first-order valence-corrected chi connectivity index (χ1v) is 8.31. The molecule has 0 bridgehead atoms. The monoisotopic (exact) mass is 372 g/mol. The molecule has 1 aromatic heterocycles. The Labute approximate surface area is 154 Å². The molecule has 0 amide bonds. The molecule has 26 heavy (non-hydrogen) atoms. The Morgan fingerprint density at radius 3 is 2.69 bits per heavy atom. The molecule has 0 atom stereocenters. The SMILES string of the molecule is CCOc1ccc(C=Nn2c(-c3ccc(F)cc3)n[nH]c2=S)cc1OC. The largest absolute Gasteiger partial charge is 0.493 e. The fraction of sp³-hybridized carbons (Fsp3) is 0.167. The van der Waals surface area contributed by atoms with E-state index in [1.165, 1.54) is 16.8 Å². The van der Waals surface area contributed by atoms with Gasteiger partial charge in [-0.1, -0.05) is 0 Å². The van der Waals surface area contributed by atoms with E-state index in [0.717, 1.165) is 5.56 Å². The van der Waals surface area contributed by atoms with Crippen molar-refractivity contribution in [3.63, 3.8) is 0 Å². The maximum absolute atomic E-state index is 13.1. The Morgan fingerprint density at radius 2 is 2.00 bits per heavy atom. The van der Waals surface area contributed by atoms with Crippen LogP contribution in [0.5, 0.6) is 11.5 Å². The standard InChI is InChI=1S/C18H17FN4O2S/c1-3-25-15-9-4-12(10-16(15)24-2)11-20-23-17(21-22-18(23)26)13-5-7-14(19)8-6-13/h4-11H,3H2,1-2H3,(H,22,26). The van der Waals surface area contributed by atoms with Gasteiger partial charge in [-0.05, 0) is 67.2 Å². The molecule has 1 N–H and O–H groups in total. The molecule has 6 nitrogen and oxygen atoms in total. The van der Waals surface area contributed by atoms with Crippen molar-refractivity contribution in [1.82, 2.24) is 14.9 Å². The van der Waals surface area contributed by atoms with E-state index in [1.54, 1.807) is 25.5 Å². The van der Waals surface area contributed by atoms with Crippen molar-refractivity contribution >= 4 is 18.4 Å². The molecule has 8 heteroatoms. The van der Waals surface area contributed by atoms with Gasteiger partial charge >= 0.3 is 0 Å². The van der Waals surface area contributed by atoms with E-state index >= 15 is 0 Å². The summed E-state index contributed by atoms with van der Waals surface area (Å²) in [5, 5.41) is 11.3. The number of hydrogen-bond donors (Lipinski definition) is 1. The molecule has 0 aliphatic heterocycles. The van der Waals surface area contributed by atoms with E-state index in [1.807, 2.05) is 25.1 Å². The van der Waals surface area contributed by atoms with Crippen LogP contribution in [0.25, 0.3) is 11.4 Å². The predicted octanol–water partition coefficient (Wildman–Crippen LogP) is 4.04. The highest BCUT2D eigenvalue weighted by Gasteiger charge is 2.09. The van der Waals surface area contributed by atoms with Gasteiger partial charge in [-0.3, -0.25) is 0 Å². The van der Waals surface area contributed by atoms with Gasteiger partial charge < -0.3 is 9.47 Å². The number of benzene rings is 2. The minimum Gasteiger partial charge on any atom is -0.493 e. The van der Waals surface area contributed by atoms with Gasteiger partial charge in [-0.2, -0.15) is 14.9 Å². The van der Waals surface area contributed by atoms with Gasteiger partial charge in [0.2, 0.25) is 4.77 Å². The summed E-state index contributed by atoms with van der Waals surface area (Å²) in [6.45, 7) is 2.46. The molecule has 3 rings (SSSR count). The third kappa shape index (κ3) is 3.80. The molecule has 134 valence electrons. The van der Waals surface area contributed by atoms with Gasteiger partial charge in [0.1, 0.15) is 5.82 Å². The van der Waals surface area contributed by atoms with Crippen LogP contribution in [0.2, 0.25) is 0 Å². The molecule has 0 aliphatic carbocycles. The quantitative estimate of drug-likeness (QED) is 0.524. The summed E-state index contributed by atoms with van der Waals surface area (Å²) in [6, 6.07) is 11.4. The first-order chi connectivity index (χ1) is 12.6. The van der Waals surface area contributed by atoms with Crippen molar-refractivity contribution in [3.05, 3.63) is 58.6 Å². The molecular formula is C18H17FN4O2S. The molecule has 0 aliphatic rings. The molecule has 1 heterocycles. The molecule has 0 spiro atoms. The maximum Gasteiger partial charge on any atom is 0.216 e. The van der Waals surface area contributed by atoms with Crippen molar-refractivity contribution < 1.29 is 13.9 Å². The molecule has 0 saturated heterocycles. The fourth-order valence-electron chi connectivity index (χ4n) is 2.35. The summed E-state index contributed by atoms with van der Waals surface area (Å²) in [6.07, 6.45) is 1.64. The number of aromatic amines is 1. The lowest BCUT2D eigenvalue weighted by Gasteiger charge is -2.09. The Hall–Kier alpha value is -3.00. The van der Waals surface area contributed by atoms with Crippen LogP contribution < -0.4 is 9.47 Å². The molecule has 0 saturated carbocycles. The predicted molar refractivity (Wildman–Crippen MR) is 100.0 cm³/mol. The number of hydrogen-bond acceptors (Lipinski definition) is 5. The van der Waals surface area contributed by atoms with E-state index in [0.29, 0.717) is 34.3 Å². The number of nitrogens with zero attached hydrogens (tertiary/aromatic N) is 3. The minimum atomic E-state index is -0.320. The number of methoxy groups -OCH3 is 1. The highest BCUT2D eigenvalue weighted by atomic mass is 32.1. The molecule has 0 radical (unpaired) electrons. The summed E-state index contributed by atoms with van der Waals surface area (Å²) >= 11 is 5.23. The van der Waals surface area contributed by atoms with Crippen LogP contribution in [0.15, 0.2) is 47.6 Å². The Balaban J connectivity index is 1.93.